The van der Waals surface area contributed by atoms with Crippen LogP contribution in [0.2, 0.25) is 0 Å². The number of hydrogen-bond acceptors (Lipinski definition) is 16. The standard InChI is InChI=1S/C19H24IN8O12P/c20-5-1-27(19(34)24-13(5)21)17-11(32)12(6(2-29)38-17)40-41(35,36)37-3-7-9(30)10(31)16(39-7)28-4-23-8-14(28)25-18(22)26-15(8)33/h1,4,6-7,9-12,16-17,29-32H,2-3H2,(H,35,36)(H2,21,24,34)(H3,22,25,26,33)/t6-,7-,9-,10-,11-,12-,16-,17-/m1/s1. The Morgan fingerprint density at radius 1 is 1.07 bits per heavy atom. The molecule has 1 unspecified atom stereocenters. The first-order valence-corrected chi connectivity index (χ1v) is 14.3. The number of rotatable bonds is 8. The lowest BCUT2D eigenvalue weighted by Gasteiger charge is -2.23. The van der Waals surface area contributed by atoms with Crippen LogP contribution in [0.4, 0.5) is 11.8 Å². The Morgan fingerprint density at radius 3 is 2.46 bits per heavy atom. The van der Waals surface area contributed by atoms with E-state index >= 15 is 0 Å². The number of aromatic amines is 1. The first-order chi connectivity index (χ1) is 19.3. The summed E-state index contributed by atoms with van der Waals surface area (Å²) in [6.45, 7) is -1.56. The van der Waals surface area contributed by atoms with Crippen LogP contribution in [0.15, 0.2) is 22.1 Å². The maximum Gasteiger partial charge on any atom is 0.472 e. The number of imidazole rings is 1. The first-order valence-electron chi connectivity index (χ1n) is 11.7. The van der Waals surface area contributed by atoms with Crippen molar-refractivity contribution in [3.8, 4) is 0 Å². The zero-order valence-electron chi connectivity index (χ0n) is 20.5. The van der Waals surface area contributed by atoms with Crippen molar-refractivity contribution in [2.24, 2.45) is 0 Å². The van der Waals surface area contributed by atoms with Gasteiger partial charge in [0.1, 0.15) is 42.4 Å². The number of H-pyrrole nitrogens is 1. The van der Waals surface area contributed by atoms with E-state index in [1.165, 1.54) is 6.20 Å². The molecule has 2 aliphatic rings. The quantitative estimate of drug-likeness (QED) is 0.0830. The molecule has 0 aromatic carbocycles. The van der Waals surface area contributed by atoms with Gasteiger partial charge >= 0.3 is 13.5 Å². The molecule has 3 aromatic rings. The molecule has 20 nitrogen and oxygen atoms in total. The highest BCUT2D eigenvalue weighted by atomic mass is 127. The largest absolute Gasteiger partial charge is 0.472 e. The number of anilines is 2. The van der Waals surface area contributed by atoms with E-state index in [4.69, 9.17) is 30.0 Å². The van der Waals surface area contributed by atoms with Crippen LogP contribution in [0.5, 0.6) is 0 Å². The van der Waals surface area contributed by atoms with Gasteiger partial charge in [0.05, 0.1) is 23.1 Å². The molecule has 0 amide bonds. The van der Waals surface area contributed by atoms with Crippen molar-refractivity contribution in [3.05, 3.63) is 36.9 Å². The average molecular weight is 714 g/mol. The summed E-state index contributed by atoms with van der Waals surface area (Å²) in [4.78, 5) is 48.4. The van der Waals surface area contributed by atoms with Gasteiger partial charge in [0.25, 0.3) is 5.56 Å². The van der Waals surface area contributed by atoms with E-state index in [-0.39, 0.29) is 22.9 Å². The number of hydrogen-bond donors (Lipinski definition) is 8. The van der Waals surface area contributed by atoms with Gasteiger partial charge in [-0.2, -0.15) is 9.97 Å². The molecular formula is C19H24IN8O12P. The topological polar surface area (TPSA) is 306 Å². The van der Waals surface area contributed by atoms with Crippen molar-refractivity contribution in [3.63, 3.8) is 0 Å². The lowest BCUT2D eigenvalue weighted by Crippen LogP contribution is -2.38. The Hall–Kier alpha value is -2.57. The fourth-order valence-corrected chi connectivity index (χ4v) is 5.83. The maximum atomic E-state index is 12.8. The summed E-state index contributed by atoms with van der Waals surface area (Å²) in [6, 6.07) is 0. The summed E-state index contributed by atoms with van der Waals surface area (Å²) in [6.07, 6.45) is -9.81. The predicted molar refractivity (Wildman–Crippen MR) is 142 cm³/mol. The van der Waals surface area contributed by atoms with Crippen LogP contribution in [-0.2, 0) is 23.1 Å². The van der Waals surface area contributed by atoms with E-state index in [0.29, 0.717) is 3.57 Å². The molecule has 0 radical (unpaired) electrons. The Balaban J connectivity index is 1.28. The lowest BCUT2D eigenvalue weighted by atomic mass is 10.1. The zero-order valence-corrected chi connectivity index (χ0v) is 23.5. The number of nitrogens with zero attached hydrogens (tertiary/aromatic N) is 5. The number of aromatic nitrogens is 6. The minimum atomic E-state index is -5.05. The molecule has 10 N–H and O–H groups in total. The van der Waals surface area contributed by atoms with Gasteiger partial charge < -0.3 is 46.3 Å². The van der Waals surface area contributed by atoms with E-state index < -0.39 is 81.4 Å². The van der Waals surface area contributed by atoms with E-state index in [2.05, 4.69) is 19.9 Å². The zero-order chi connectivity index (χ0) is 29.8. The fourth-order valence-electron chi connectivity index (χ4n) is 4.44. The summed E-state index contributed by atoms with van der Waals surface area (Å²) in [5.41, 5.74) is 9.48. The average Bonchev–Trinajstić information content (AvgIpc) is 3.54. The molecule has 224 valence electrons. The van der Waals surface area contributed by atoms with E-state index in [1.807, 2.05) is 0 Å². The summed E-state index contributed by atoms with van der Waals surface area (Å²) < 4.78 is 36.3. The minimum Gasteiger partial charge on any atom is -0.394 e. The van der Waals surface area contributed by atoms with Crippen LogP contribution >= 0.6 is 30.4 Å². The third-order valence-electron chi connectivity index (χ3n) is 6.42. The van der Waals surface area contributed by atoms with Crippen LogP contribution in [0, 0.1) is 3.57 Å². The maximum absolute atomic E-state index is 12.8. The number of phosphoric ester groups is 1. The summed E-state index contributed by atoms with van der Waals surface area (Å²) >= 11 is 1.80. The van der Waals surface area contributed by atoms with E-state index in [9.17, 15) is 39.5 Å². The molecule has 2 saturated heterocycles. The summed E-state index contributed by atoms with van der Waals surface area (Å²) in [5.74, 6) is -0.289. The van der Waals surface area contributed by atoms with Crippen molar-refractivity contribution in [1.29, 1.82) is 0 Å². The number of phosphoric acid groups is 1. The molecule has 3 aromatic heterocycles. The van der Waals surface area contributed by atoms with Crippen molar-refractivity contribution < 1.29 is 48.4 Å². The minimum absolute atomic E-state index is 0.0508. The van der Waals surface area contributed by atoms with Gasteiger partial charge in [-0.15, -0.1) is 0 Å². The van der Waals surface area contributed by atoms with Gasteiger partial charge in [-0.1, -0.05) is 0 Å². The molecule has 0 bridgehead atoms. The van der Waals surface area contributed by atoms with Gasteiger partial charge in [-0.25, -0.2) is 14.3 Å². The van der Waals surface area contributed by atoms with Crippen molar-refractivity contribution >= 4 is 53.3 Å². The van der Waals surface area contributed by atoms with Crippen LogP contribution in [0.1, 0.15) is 12.5 Å². The van der Waals surface area contributed by atoms with E-state index in [0.717, 1.165) is 15.5 Å². The fraction of sp³-hybridized carbons (Fsp3) is 0.526. The Kier molecular flexibility index (Phi) is 8.21. The van der Waals surface area contributed by atoms with Crippen LogP contribution < -0.4 is 22.7 Å². The number of ether oxygens (including phenoxy) is 2. The number of nitrogens with one attached hydrogen (secondary N) is 1. The van der Waals surface area contributed by atoms with Crippen molar-refractivity contribution in [1.82, 2.24) is 29.1 Å². The van der Waals surface area contributed by atoms with E-state index in [1.54, 1.807) is 22.6 Å². The summed E-state index contributed by atoms with van der Waals surface area (Å²) in [5, 5.41) is 41.5. The van der Waals surface area contributed by atoms with Gasteiger partial charge in [0, 0.05) is 6.20 Å². The molecule has 0 aliphatic carbocycles. The molecule has 9 atom stereocenters. The Morgan fingerprint density at radius 2 is 1.76 bits per heavy atom. The number of nitrogens with two attached hydrogens (primary N) is 2. The monoisotopic (exact) mass is 714 g/mol. The number of halogens is 1. The third-order valence-corrected chi connectivity index (χ3v) is 8.23. The molecule has 5 heterocycles. The van der Waals surface area contributed by atoms with Crippen LogP contribution in [-0.4, -0.2) is 104 Å². The number of nitrogen functional groups attached to an aromatic ring is 2. The lowest BCUT2D eigenvalue weighted by molar-refractivity contribution is -0.0594. The molecule has 41 heavy (non-hydrogen) atoms. The van der Waals surface area contributed by atoms with Gasteiger partial charge in [0.15, 0.2) is 23.6 Å². The predicted octanol–water partition coefficient (Wildman–Crippen LogP) is -3.48. The molecular weight excluding hydrogens is 690 g/mol. The summed E-state index contributed by atoms with van der Waals surface area (Å²) in [7, 11) is -5.05. The van der Waals surface area contributed by atoms with Gasteiger partial charge in [0.2, 0.25) is 5.95 Å². The van der Waals surface area contributed by atoms with Crippen molar-refractivity contribution in [2.45, 2.75) is 49.1 Å². The van der Waals surface area contributed by atoms with Crippen LogP contribution in [0.3, 0.4) is 0 Å². The van der Waals surface area contributed by atoms with Gasteiger partial charge in [-0.05, 0) is 22.6 Å². The third kappa shape index (κ3) is 5.62. The highest BCUT2D eigenvalue weighted by molar-refractivity contribution is 14.1. The Labute approximate surface area is 241 Å². The molecule has 0 saturated carbocycles. The SMILES string of the molecule is Nc1nc2c(ncn2[C@@H]2O[C@H](COP(=O)(O)O[C@H]3[C@@H](O)[C@H](n4cc(I)c(N)nc4=O)O[C@@H]3CO)[C@@H](O)[C@H]2O)c(=O)[nH]1. The number of fused-ring (bicyclic) bond motifs is 1. The smallest absolute Gasteiger partial charge is 0.394 e. The Bertz CT molecular complexity index is 1620. The highest BCUT2D eigenvalue weighted by Crippen LogP contribution is 2.49. The first kappa shape index (κ1) is 29.9. The molecule has 22 heteroatoms. The molecule has 2 fully saturated rings. The molecule has 5 rings (SSSR count). The normalized spacial score (nSPS) is 31.6. The molecule has 0 spiro atoms. The second-order valence-corrected chi connectivity index (χ2v) is 11.6. The molecule has 2 aliphatic heterocycles. The number of aliphatic hydroxyl groups is 4. The van der Waals surface area contributed by atoms with Gasteiger partial charge in [-0.3, -0.25) is 28.0 Å². The second-order valence-electron chi connectivity index (χ2n) is 9.06. The van der Waals surface area contributed by atoms with Crippen molar-refractivity contribution in [2.75, 3.05) is 24.7 Å². The number of aliphatic hydroxyl groups excluding tert-OH is 4. The van der Waals surface area contributed by atoms with Crippen LogP contribution in [0.25, 0.3) is 11.2 Å². The highest BCUT2D eigenvalue weighted by Gasteiger charge is 2.50. The second kappa shape index (κ2) is 11.3.